The molecule has 0 unspecified atom stereocenters. The van der Waals surface area contributed by atoms with Crippen LogP contribution in [0.1, 0.15) is 15.9 Å². The molecule has 0 atom stereocenters. The van der Waals surface area contributed by atoms with Crippen LogP contribution in [0.2, 0.25) is 0 Å². The molecule has 0 radical (unpaired) electrons. The zero-order valence-corrected chi connectivity index (χ0v) is 10.6. The van der Waals surface area contributed by atoms with Crippen LogP contribution in [0.5, 0.6) is 17.2 Å². The lowest BCUT2D eigenvalue weighted by atomic mass is 10.2. The molecule has 5 heteroatoms. The summed E-state index contributed by atoms with van der Waals surface area (Å²) in [7, 11) is 1.48. The lowest BCUT2D eigenvalue weighted by Gasteiger charge is -2.10. The Bertz CT molecular complexity index is 596. The minimum absolute atomic E-state index is 0.00772. The van der Waals surface area contributed by atoms with Crippen molar-refractivity contribution in [2.75, 3.05) is 7.11 Å². The van der Waals surface area contributed by atoms with Crippen molar-refractivity contribution >= 4 is 5.97 Å². The average molecular weight is 259 g/mol. The number of nitrogens with zero attached hydrogens (tertiary/aromatic N) is 1. The molecule has 0 amide bonds. The van der Waals surface area contributed by atoms with Gasteiger partial charge in [-0.1, -0.05) is 0 Å². The maximum atomic E-state index is 11.8. The maximum absolute atomic E-state index is 11.8. The first-order chi connectivity index (χ1) is 9.11. The molecule has 0 aliphatic carbocycles. The first-order valence-electron chi connectivity index (χ1n) is 5.61. The highest BCUT2D eigenvalue weighted by Gasteiger charge is 2.12. The second-order valence-electron chi connectivity index (χ2n) is 3.90. The standard InChI is InChI=1S/C14H13NO4/c1-9-12(16)6-11(7-13(9)18-2)19-14(17)10-4-3-5-15-8-10/h3-8,16H,1-2H3. The van der Waals surface area contributed by atoms with Crippen LogP contribution in [0.4, 0.5) is 0 Å². The Labute approximate surface area is 110 Å². The third kappa shape index (κ3) is 2.82. The Kier molecular flexibility index (Phi) is 3.66. The number of ether oxygens (including phenoxy) is 2. The summed E-state index contributed by atoms with van der Waals surface area (Å²) in [5.41, 5.74) is 0.921. The predicted octanol–water partition coefficient (Wildman–Crippen LogP) is 2.32. The molecule has 0 fully saturated rings. The van der Waals surface area contributed by atoms with Crippen LogP contribution in [0.25, 0.3) is 0 Å². The monoisotopic (exact) mass is 259 g/mol. The van der Waals surface area contributed by atoms with Gasteiger partial charge in [-0.25, -0.2) is 4.79 Å². The second kappa shape index (κ2) is 5.39. The third-order valence-electron chi connectivity index (χ3n) is 2.63. The summed E-state index contributed by atoms with van der Waals surface area (Å²) in [5.74, 6) is 0.134. The Hall–Kier alpha value is -2.56. The first kappa shape index (κ1) is 12.9. The van der Waals surface area contributed by atoms with Gasteiger partial charge in [0.15, 0.2) is 0 Å². The van der Waals surface area contributed by atoms with E-state index in [1.54, 1.807) is 31.3 Å². The average Bonchev–Trinajstić information content (AvgIpc) is 2.43. The van der Waals surface area contributed by atoms with Crippen LogP contribution >= 0.6 is 0 Å². The smallest absolute Gasteiger partial charge is 0.345 e. The van der Waals surface area contributed by atoms with Gasteiger partial charge in [-0.15, -0.1) is 0 Å². The topological polar surface area (TPSA) is 68.7 Å². The quantitative estimate of drug-likeness (QED) is 0.676. The lowest BCUT2D eigenvalue weighted by molar-refractivity contribution is 0.0734. The molecule has 0 aliphatic rings. The van der Waals surface area contributed by atoms with Crippen molar-refractivity contribution < 1.29 is 19.4 Å². The highest BCUT2D eigenvalue weighted by atomic mass is 16.5. The molecule has 0 spiro atoms. The highest BCUT2D eigenvalue weighted by molar-refractivity contribution is 5.90. The zero-order chi connectivity index (χ0) is 13.8. The van der Waals surface area contributed by atoms with Crippen molar-refractivity contribution in [2.45, 2.75) is 6.92 Å². The molecule has 19 heavy (non-hydrogen) atoms. The van der Waals surface area contributed by atoms with Gasteiger partial charge < -0.3 is 14.6 Å². The molecule has 1 aromatic heterocycles. The molecule has 0 aliphatic heterocycles. The van der Waals surface area contributed by atoms with E-state index < -0.39 is 5.97 Å². The summed E-state index contributed by atoms with van der Waals surface area (Å²) in [6.07, 6.45) is 2.98. The Balaban J connectivity index is 2.25. The lowest BCUT2D eigenvalue weighted by Crippen LogP contribution is -2.08. The van der Waals surface area contributed by atoms with Crippen LogP contribution < -0.4 is 9.47 Å². The van der Waals surface area contributed by atoms with Gasteiger partial charge in [0.05, 0.1) is 12.7 Å². The minimum atomic E-state index is -0.543. The largest absolute Gasteiger partial charge is 0.507 e. The van der Waals surface area contributed by atoms with Gasteiger partial charge in [-0.3, -0.25) is 4.98 Å². The molecular weight excluding hydrogens is 246 g/mol. The number of aromatic hydroxyl groups is 1. The van der Waals surface area contributed by atoms with E-state index in [-0.39, 0.29) is 11.5 Å². The van der Waals surface area contributed by atoms with Crippen molar-refractivity contribution in [2.24, 2.45) is 0 Å². The van der Waals surface area contributed by atoms with E-state index >= 15 is 0 Å². The van der Waals surface area contributed by atoms with Crippen LogP contribution in [-0.4, -0.2) is 23.2 Å². The molecule has 1 heterocycles. The molecule has 5 nitrogen and oxygen atoms in total. The van der Waals surface area contributed by atoms with E-state index in [2.05, 4.69) is 4.98 Å². The number of aromatic nitrogens is 1. The summed E-state index contributed by atoms with van der Waals surface area (Å²) in [6.45, 7) is 1.71. The van der Waals surface area contributed by atoms with Crippen molar-refractivity contribution in [3.05, 3.63) is 47.8 Å². The summed E-state index contributed by atoms with van der Waals surface area (Å²) in [4.78, 5) is 15.7. The number of benzene rings is 1. The molecule has 2 aromatic rings. The van der Waals surface area contributed by atoms with Gasteiger partial charge in [0.25, 0.3) is 0 Å². The number of methoxy groups -OCH3 is 1. The fourth-order valence-electron chi connectivity index (χ4n) is 1.57. The predicted molar refractivity (Wildman–Crippen MR) is 68.6 cm³/mol. The van der Waals surface area contributed by atoms with E-state index in [1.165, 1.54) is 19.4 Å². The normalized spacial score (nSPS) is 10.0. The number of carbonyl (C=O) groups is 1. The summed E-state index contributed by atoms with van der Waals surface area (Å²) < 4.78 is 10.2. The molecule has 0 saturated carbocycles. The number of hydrogen-bond donors (Lipinski definition) is 1. The van der Waals surface area contributed by atoms with E-state index in [4.69, 9.17) is 9.47 Å². The summed E-state index contributed by atoms with van der Waals surface area (Å²) in [6, 6.07) is 6.15. The van der Waals surface area contributed by atoms with Crippen LogP contribution in [0, 0.1) is 6.92 Å². The SMILES string of the molecule is COc1cc(OC(=O)c2cccnc2)cc(O)c1C. The van der Waals surface area contributed by atoms with Crippen molar-refractivity contribution in [1.29, 1.82) is 0 Å². The Morgan fingerprint density at radius 2 is 2.16 bits per heavy atom. The first-order valence-corrected chi connectivity index (χ1v) is 5.61. The van der Waals surface area contributed by atoms with Gasteiger partial charge >= 0.3 is 5.97 Å². The maximum Gasteiger partial charge on any atom is 0.345 e. The third-order valence-corrected chi connectivity index (χ3v) is 2.63. The number of carbonyl (C=O) groups excluding carboxylic acids is 1. The minimum Gasteiger partial charge on any atom is -0.507 e. The van der Waals surface area contributed by atoms with E-state index in [1.807, 2.05) is 0 Å². The van der Waals surface area contributed by atoms with Gasteiger partial charge in [0.1, 0.15) is 17.2 Å². The summed E-state index contributed by atoms with van der Waals surface area (Å²) in [5, 5.41) is 9.71. The zero-order valence-electron chi connectivity index (χ0n) is 10.6. The number of hydrogen-bond acceptors (Lipinski definition) is 5. The molecule has 2 rings (SSSR count). The molecule has 98 valence electrons. The molecule has 1 aromatic carbocycles. The Morgan fingerprint density at radius 3 is 2.79 bits per heavy atom. The fraction of sp³-hybridized carbons (Fsp3) is 0.143. The van der Waals surface area contributed by atoms with E-state index in [0.29, 0.717) is 16.9 Å². The molecular formula is C14H13NO4. The number of esters is 1. The number of pyridine rings is 1. The van der Waals surface area contributed by atoms with Gasteiger partial charge in [-0.2, -0.15) is 0 Å². The summed E-state index contributed by atoms with van der Waals surface area (Å²) >= 11 is 0. The van der Waals surface area contributed by atoms with E-state index in [9.17, 15) is 9.90 Å². The van der Waals surface area contributed by atoms with Crippen molar-refractivity contribution in [3.63, 3.8) is 0 Å². The van der Waals surface area contributed by atoms with Gasteiger partial charge in [0.2, 0.25) is 0 Å². The van der Waals surface area contributed by atoms with Gasteiger partial charge in [-0.05, 0) is 19.1 Å². The second-order valence-corrected chi connectivity index (χ2v) is 3.90. The van der Waals surface area contributed by atoms with Crippen molar-refractivity contribution in [3.8, 4) is 17.2 Å². The van der Waals surface area contributed by atoms with Gasteiger partial charge in [0, 0.05) is 30.1 Å². The van der Waals surface area contributed by atoms with Crippen LogP contribution in [0.3, 0.4) is 0 Å². The highest BCUT2D eigenvalue weighted by Crippen LogP contribution is 2.32. The Morgan fingerprint density at radius 1 is 1.37 bits per heavy atom. The number of rotatable bonds is 3. The van der Waals surface area contributed by atoms with E-state index in [0.717, 1.165) is 0 Å². The van der Waals surface area contributed by atoms with Crippen molar-refractivity contribution in [1.82, 2.24) is 4.98 Å². The molecule has 0 bridgehead atoms. The van der Waals surface area contributed by atoms with Crippen LogP contribution in [-0.2, 0) is 0 Å². The number of phenolic OH excluding ortho intramolecular Hbond substituents is 1. The van der Waals surface area contributed by atoms with Crippen LogP contribution in [0.15, 0.2) is 36.7 Å². The fourth-order valence-corrected chi connectivity index (χ4v) is 1.57. The molecule has 0 saturated heterocycles. The number of phenols is 1. The molecule has 1 N–H and O–H groups in total.